The van der Waals surface area contributed by atoms with Gasteiger partial charge < -0.3 is 29.0 Å². The van der Waals surface area contributed by atoms with Gasteiger partial charge >= 0.3 is 39.7 Å². The maximum absolute atomic E-state index is 15.5. The highest BCUT2D eigenvalue weighted by molar-refractivity contribution is 7.87. The van der Waals surface area contributed by atoms with Crippen LogP contribution < -0.4 is 0 Å². The maximum Gasteiger partial charge on any atom is 0.410 e. The first kappa shape index (κ1) is 30.3. The fourth-order valence-electron chi connectivity index (χ4n) is 3.27. The molecule has 0 radical (unpaired) electrons. The zero-order valence-corrected chi connectivity index (χ0v) is 21.3. The number of carbonyl (C=O) groups excluding carboxylic acids is 3. The number of ether oxygens (including phenoxy) is 2. The number of benzene rings is 3. The topological polar surface area (TPSA) is 174 Å². The number of halogens is 2. The number of aliphatic hydroxyl groups is 3. The molecule has 0 amide bonds. The summed E-state index contributed by atoms with van der Waals surface area (Å²) in [7, 11) is -5.23. The predicted molar refractivity (Wildman–Crippen MR) is 130 cm³/mol. The minimum Gasteiger partial charge on any atom is -0.429 e. The van der Waals surface area contributed by atoms with E-state index in [9.17, 15) is 38.1 Å². The highest BCUT2D eigenvalue weighted by atomic mass is 32.2. The van der Waals surface area contributed by atoms with Crippen molar-refractivity contribution in [2.45, 2.75) is 35.9 Å². The van der Waals surface area contributed by atoms with E-state index < -0.39 is 62.6 Å². The van der Waals surface area contributed by atoms with Crippen molar-refractivity contribution in [2.24, 2.45) is 0 Å². The van der Waals surface area contributed by atoms with Crippen molar-refractivity contribution < 1.29 is 60.6 Å². The number of hydrogen-bond acceptors (Lipinski definition) is 11. The zero-order chi connectivity index (χ0) is 29.7. The normalized spacial score (nSPS) is 14.8. The molecule has 0 saturated carbocycles. The van der Waals surface area contributed by atoms with Crippen LogP contribution in [0.2, 0.25) is 0 Å². The number of rotatable bonds is 10. The lowest BCUT2D eigenvalue weighted by Crippen LogP contribution is -2.66. The zero-order valence-electron chi connectivity index (χ0n) is 20.5. The van der Waals surface area contributed by atoms with Gasteiger partial charge in [0.25, 0.3) is 0 Å². The van der Waals surface area contributed by atoms with Crippen LogP contribution in [0.4, 0.5) is 8.78 Å². The number of hydrogen-bond donors (Lipinski definition) is 3. The molecular formula is C26H22F2O11S. The molecule has 0 heterocycles. The van der Waals surface area contributed by atoms with E-state index in [0.717, 1.165) is 18.2 Å². The Morgan fingerprint density at radius 2 is 1.27 bits per heavy atom. The van der Waals surface area contributed by atoms with Crippen LogP contribution in [0.25, 0.3) is 0 Å². The summed E-state index contributed by atoms with van der Waals surface area (Å²) in [4.78, 5) is 36.6. The Kier molecular flexibility index (Phi) is 9.00. The molecule has 11 nitrogen and oxygen atoms in total. The molecule has 0 aromatic heterocycles. The van der Waals surface area contributed by atoms with Crippen molar-refractivity contribution in [2.75, 3.05) is 0 Å². The van der Waals surface area contributed by atoms with Crippen molar-refractivity contribution in [1.82, 2.24) is 0 Å². The van der Waals surface area contributed by atoms with E-state index in [1.807, 2.05) is 0 Å². The van der Waals surface area contributed by atoms with Crippen LogP contribution in [-0.2, 0) is 28.6 Å². The van der Waals surface area contributed by atoms with Crippen LogP contribution >= 0.6 is 0 Å². The summed E-state index contributed by atoms with van der Waals surface area (Å²) in [5, 5.41) is 31.5. The molecule has 0 aliphatic heterocycles. The largest absolute Gasteiger partial charge is 0.429 e. The molecule has 0 aliphatic carbocycles. The third-order valence-corrected chi connectivity index (χ3v) is 6.79. The second-order valence-corrected chi connectivity index (χ2v) is 9.74. The summed E-state index contributed by atoms with van der Waals surface area (Å²) in [5.74, 6) is -16.4. The molecule has 0 aliphatic rings. The average Bonchev–Trinajstić information content (AvgIpc) is 2.93. The second-order valence-electron chi connectivity index (χ2n) is 8.22. The van der Waals surface area contributed by atoms with E-state index in [4.69, 9.17) is 0 Å². The summed E-state index contributed by atoms with van der Waals surface area (Å²) in [5.41, 5.74) is -0.665. The first-order chi connectivity index (χ1) is 18.7. The highest BCUT2D eigenvalue weighted by Crippen LogP contribution is 2.38. The van der Waals surface area contributed by atoms with Crippen LogP contribution in [-0.4, -0.2) is 65.7 Å². The maximum atomic E-state index is 15.5. The summed E-state index contributed by atoms with van der Waals surface area (Å²) in [6.07, 6.45) is -6.47. The molecule has 40 heavy (non-hydrogen) atoms. The van der Waals surface area contributed by atoms with E-state index >= 15 is 8.78 Å². The summed E-state index contributed by atoms with van der Waals surface area (Å²) in [6, 6.07) is 17.6. The Balaban J connectivity index is 1.98. The Labute approximate surface area is 226 Å². The van der Waals surface area contributed by atoms with Crippen LogP contribution in [0.1, 0.15) is 26.3 Å². The standard InChI is InChI=1S/C26H22F2O11S/c1-16-10-8-9-15-19(16)40(35,36)39-24(33)25(27,28)26(34,38-22(31)18-13-6-3-7-14-18)20(29)23(32)37-21(30)17-11-4-2-5-12-17/h2-15,20,23,29,32,34H,1H3/t20-,23?,26+/m1/s1. The highest BCUT2D eigenvalue weighted by Gasteiger charge is 2.70. The van der Waals surface area contributed by atoms with E-state index in [1.165, 1.54) is 73.7 Å². The van der Waals surface area contributed by atoms with Gasteiger partial charge in [-0.2, -0.15) is 17.2 Å². The number of aryl methyl sites for hydroxylation is 1. The van der Waals surface area contributed by atoms with Crippen molar-refractivity contribution in [1.29, 1.82) is 0 Å². The van der Waals surface area contributed by atoms with Crippen molar-refractivity contribution in [3.05, 3.63) is 102 Å². The van der Waals surface area contributed by atoms with Crippen molar-refractivity contribution >= 4 is 28.0 Å². The lowest BCUT2D eigenvalue weighted by Gasteiger charge is -2.37. The summed E-state index contributed by atoms with van der Waals surface area (Å²) >= 11 is 0. The molecule has 0 spiro atoms. The molecule has 14 heteroatoms. The summed E-state index contributed by atoms with van der Waals surface area (Å²) in [6.45, 7) is 1.28. The molecule has 1 unspecified atom stereocenters. The molecular weight excluding hydrogens is 558 g/mol. The molecule has 3 aromatic rings. The van der Waals surface area contributed by atoms with Gasteiger partial charge in [-0.25, -0.2) is 14.4 Å². The first-order valence-corrected chi connectivity index (χ1v) is 12.7. The van der Waals surface area contributed by atoms with Crippen LogP contribution in [0.3, 0.4) is 0 Å². The lowest BCUT2D eigenvalue weighted by molar-refractivity contribution is -0.346. The smallest absolute Gasteiger partial charge is 0.410 e. The Hall–Kier alpha value is -4.24. The van der Waals surface area contributed by atoms with E-state index in [2.05, 4.69) is 13.7 Å². The van der Waals surface area contributed by atoms with Gasteiger partial charge in [0.05, 0.1) is 11.1 Å². The number of aliphatic hydroxyl groups excluding tert-OH is 2. The third kappa shape index (κ3) is 6.31. The fourth-order valence-corrected chi connectivity index (χ4v) is 4.38. The Morgan fingerprint density at radius 1 is 0.800 bits per heavy atom. The van der Waals surface area contributed by atoms with Gasteiger partial charge in [-0.1, -0.05) is 54.6 Å². The molecule has 0 saturated heterocycles. The van der Waals surface area contributed by atoms with Crippen LogP contribution in [0, 0.1) is 6.92 Å². The van der Waals surface area contributed by atoms with Gasteiger partial charge in [-0.05, 0) is 42.8 Å². The molecule has 0 fully saturated rings. The van der Waals surface area contributed by atoms with Crippen molar-refractivity contribution in [3.63, 3.8) is 0 Å². The SMILES string of the molecule is Cc1ccccc1S(=O)(=O)OC(=O)C(F)(F)[C@@](O)(OC(=O)c1ccccc1)[C@H](O)C(O)OC(=O)c1ccccc1. The van der Waals surface area contributed by atoms with Crippen molar-refractivity contribution in [3.8, 4) is 0 Å². The quantitative estimate of drug-likeness (QED) is 0.182. The predicted octanol–water partition coefficient (Wildman–Crippen LogP) is 1.94. The van der Waals surface area contributed by atoms with E-state index in [-0.39, 0.29) is 11.1 Å². The number of carbonyl (C=O) groups is 3. The van der Waals surface area contributed by atoms with E-state index in [0.29, 0.717) is 0 Å². The first-order valence-electron chi connectivity index (χ1n) is 11.3. The van der Waals surface area contributed by atoms with Crippen LogP contribution in [0.15, 0.2) is 89.8 Å². The summed E-state index contributed by atoms with van der Waals surface area (Å²) < 4.78 is 69.0. The lowest BCUT2D eigenvalue weighted by atomic mass is 10.0. The molecule has 3 N–H and O–H groups in total. The number of alkyl halides is 2. The number of esters is 2. The second kappa shape index (κ2) is 11.9. The molecule has 0 bridgehead atoms. The van der Waals surface area contributed by atoms with E-state index in [1.54, 1.807) is 0 Å². The van der Waals surface area contributed by atoms with Gasteiger partial charge in [0.15, 0.2) is 6.10 Å². The fraction of sp³-hybridized carbons (Fsp3) is 0.192. The Morgan fingerprint density at radius 3 is 1.80 bits per heavy atom. The average molecular weight is 581 g/mol. The third-order valence-electron chi connectivity index (χ3n) is 5.42. The molecule has 3 atom stereocenters. The molecule has 3 aromatic carbocycles. The van der Waals surface area contributed by atoms with Gasteiger partial charge in [0, 0.05) is 0 Å². The minimum absolute atomic E-state index is 0.00710. The molecule has 212 valence electrons. The minimum atomic E-state index is -5.58. The molecule has 3 rings (SSSR count). The van der Waals surface area contributed by atoms with Gasteiger partial charge in [-0.3, -0.25) is 0 Å². The van der Waals surface area contributed by atoms with Gasteiger partial charge in [-0.15, -0.1) is 0 Å². The van der Waals surface area contributed by atoms with Gasteiger partial charge in [0.2, 0.25) is 6.29 Å². The van der Waals surface area contributed by atoms with Crippen LogP contribution in [0.5, 0.6) is 0 Å². The Bertz CT molecular complexity index is 1480. The monoisotopic (exact) mass is 580 g/mol. The van der Waals surface area contributed by atoms with Gasteiger partial charge in [0.1, 0.15) is 4.90 Å².